The van der Waals surface area contributed by atoms with Crippen molar-refractivity contribution in [3.05, 3.63) is 46.9 Å². The molecule has 62 valence electrons. The van der Waals surface area contributed by atoms with Crippen molar-refractivity contribution in [1.82, 2.24) is 0 Å². The minimum atomic E-state index is 0.718. The van der Waals surface area contributed by atoms with Crippen molar-refractivity contribution in [3.8, 4) is 6.07 Å². The summed E-state index contributed by atoms with van der Waals surface area (Å²) in [5.41, 5.74) is 1.89. The molecule has 0 fully saturated rings. The van der Waals surface area contributed by atoms with E-state index in [4.69, 9.17) is 5.26 Å². The fourth-order valence-electron chi connectivity index (χ4n) is 1.16. The first-order chi connectivity index (χ1) is 6.40. The second kappa shape index (κ2) is 3.51. The molecular weight excluding hydrogens is 178 g/mol. The Morgan fingerprint density at radius 2 is 2.15 bits per heavy atom. The molecule has 1 aromatic carbocycles. The van der Waals surface area contributed by atoms with E-state index in [1.807, 2.05) is 41.8 Å². The number of rotatable bonds is 0. The van der Waals surface area contributed by atoms with Crippen molar-refractivity contribution in [2.24, 2.45) is 0 Å². The van der Waals surface area contributed by atoms with Gasteiger partial charge in [-0.25, -0.2) is 0 Å². The Labute approximate surface area is 81.4 Å². The molecule has 0 saturated heterocycles. The number of hydrogen-bond acceptors (Lipinski definition) is 2. The number of nitriles is 1. The summed E-state index contributed by atoms with van der Waals surface area (Å²) >= 11 is 1.64. The maximum Gasteiger partial charge on any atom is 0.0992 e. The normalized spacial score (nSPS) is 13.2. The number of thioether (sulfide) groups is 1. The fourth-order valence-corrected chi connectivity index (χ4v) is 1.94. The van der Waals surface area contributed by atoms with E-state index in [0.29, 0.717) is 0 Å². The summed E-state index contributed by atoms with van der Waals surface area (Å²) in [6.07, 6.45) is 6.05. The third kappa shape index (κ3) is 1.66. The average molecular weight is 185 g/mol. The second-order valence-corrected chi connectivity index (χ2v) is 3.62. The molecule has 0 amide bonds. The molecule has 0 aliphatic carbocycles. The third-order valence-electron chi connectivity index (χ3n) is 1.80. The number of allylic oxidation sites excluding steroid dienone is 2. The first-order valence-electron chi connectivity index (χ1n) is 3.94. The highest BCUT2D eigenvalue weighted by Gasteiger charge is 2.01. The zero-order chi connectivity index (χ0) is 9.10. The molecule has 0 aromatic heterocycles. The van der Waals surface area contributed by atoms with Gasteiger partial charge < -0.3 is 0 Å². The molecule has 1 heterocycles. The largest absolute Gasteiger partial charge is 0.192 e. The molecule has 0 unspecified atom stereocenters. The fraction of sp³-hybridized carbons (Fsp3) is 0. The quantitative estimate of drug-likeness (QED) is 0.619. The minimum absolute atomic E-state index is 0.718. The average Bonchev–Trinajstić information content (AvgIpc) is 2.41. The van der Waals surface area contributed by atoms with E-state index in [1.54, 1.807) is 11.8 Å². The summed E-state index contributed by atoms with van der Waals surface area (Å²) in [5.74, 6) is 0. The topological polar surface area (TPSA) is 23.8 Å². The molecule has 1 aromatic rings. The van der Waals surface area contributed by atoms with Gasteiger partial charge in [-0.05, 0) is 23.1 Å². The molecule has 0 radical (unpaired) electrons. The summed E-state index contributed by atoms with van der Waals surface area (Å²) in [4.78, 5) is 1.14. The summed E-state index contributed by atoms with van der Waals surface area (Å²) in [6, 6.07) is 7.87. The van der Waals surface area contributed by atoms with Crippen LogP contribution in [0.25, 0.3) is 6.08 Å². The Balaban J connectivity index is 2.53. The molecule has 1 nitrogen and oxygen atoms in total. The Hall–Kier alpha value is -1.46. The maximum atomic E-state index is 8.71. The molecule has 1 aliphatic heterocycles. The van der Waals surface area contributed by atoms with Crippen molar-refractivity contribution in [3.63, 3.8) is 0 Å². The van der Waals surface area contributed by atoms with E-state index in [0.717, 1.165) is 10.5 Å². The monoisotopic (exact) mass is 185 g/mol. The Morgan fingerprint density at radius 1 is 1.23 bits per heavy atom. The number of fused-ring (bicyclic) bond motifs is 1. The summed E-state index contributed by atoms with van der Waals surface area (Å²) in [7, 11) is 0. The summed E-state index contributed by atoms with van der Waals surface area (Å²) in [5, 5.41) is 10.7. The molecule has 0 N–H and O–H groups in total. The zero-order valence-electron chi connectivity index (χ0n) is 6.90. The number of benzene rings is 1. The van der Waals surface area contributed by atoms with Crippen molar-refractivity contribution >= 4 is 17.8 Å². The lowest BCUT2D eigenvalue weighted by Crippen LogP contribution is -1.80. The number of hydrogen-bond donors (Lipinski definition) is 0. The summed E-state index contributed by atoms with van der Waals surface area (Å²) in [6.45, 7) is 0. The van der Waals surface area contributed by atoms with Crippen LogP contribution >= 0.6 is 11.8 Å². The Morgan fingerprint density at radius 3 is 3.00 bits per heavy atom. The van der Waals surface area contributed by atoms with E-state index in [-0.39, 0.29) is 0 Å². The van der Waals surface area contributed by atoms with Crippen molar-refractivity contribution in [2.45, 2.75) is 4.90 Å². The van der Waals surface area contributed by atoms with Gasteiger partial charge in [0.2, 0.25) is 0 Å². The predicted octanol–water partition coefficient (Wildman–Crippen LogP) is 3.19. The lowest BCUT2D eigenvalue weighted by molar-refractivity contribution is 1.38. The van der Waals surface area contributed by atoms with Crippen molar-refractivity contribution in [2.75, 3.05) is 0 Å². The van der Waals surface area contributed by atoms with Crippen LogP contribution in [0.2, 0.25) is 0 Å². The van der Waals surface area contributed by atoms with Gasteiger partial charge in [0.15, 0.2) is 0 Å². The van der Waals surface area contributed by atoms with E-state index in [9.17, 15) is 0 Å². The lowest BCUT2D eigenvalue weighted by Gasteiger charge is -2.00. The van der Waals surface area contributed by atoms with E-state index < -0.39 is 0 Å². The molecule has 1 aliphatic rings. The second-order valence-electron chi connectivity index (χ2n) is 2.67. The highest BCUT2D eigenvalue weighted by atomic mass is 32.2. The minimum Gasteiger partial charge on any atom is -0.192 e. The zero-order valence-corrected chi connectivity index (χ0v) is 7.71. The van der Waals surface area contributed by atoms with E-state index in [1.165, 1.54) is 5.56 Å². The predicted molar refractivity (Wildman–Crippen MR) is 55.2 cm³/mol. The molecule has 0 bridgehead atoms. The van der Waals surface area contributed by atoms with Crippen LogP contribution in [-0.4, -0.2) is 0 Å². The van der Waals surface area contributed by atoms with Gasteiger partial charge in [-0.15, -0.1) is 0 Å². The lowest BCUT2D eigenvalue weighted by atomic mass is 10.1. The van der Waals surface area contributed by atoms with Crippen LogP contribution in [0.5, 0.6) is 0 Å². The Bertz CT molecular complexity index is 424. The smallest absolute Gasteiger partial charge is 0.0992 e. The van der Waals surface area contributed by atoms with Crippen LogP contribution in [-0.2, 0) is 0 Å². The molecule has 0 atom stereocenters. The first kappa shape index (κ1) is 8.15. The van der Waals surface area contributed by atoms with Gasteiger partial charge in [-0.3, -0.25) is 0 Å². The van der Waals surface area contributed by atoms with Crippen molar-refractivity contribution in [1.29, 1.82) is 5.26 Å². The molecule has 2 rings (SSSR count). The highest BCUT2D eigenvalue weighted by Crippen LogP contribution is 2.28. The molecular formula is C11H7NS. The van der Waals surface area contributed by atoms with Crippen molar-refractivity contribution < 1.29 is 0 Å². The SMILES string of the molecule is N#Cc1ccc2c(c1)SC=CC=C2. The van der Waals surface area contributed by atoms with Gasteiger partial charge in [0.25, 0.3) is 0 Å². The number of nitrogens with zero attached hydrogens (tertiary/aromatic N) is 1. The van der Waals surface area contributed by atoms with Gasteiger partial charge in [0.05, 0.1) is 11.6 Å². The molecule has 0 spiro atoms. The van der Waals surface area contributed by atoms with E-state index >= 15 is 0 Å². The van der Waals surface area contributed by atoms with Crippen LogP contribution in [0.1, 0.15) is 11.1 Å². The van der Waals surface area contributed by atoms with Gasteiger partial charge >= 0.3 is 0 Å². The van der Waals surface area contributed by atoms with Gasteiger partial charge in [-0.1, -0.05) is 36.1 Å². The summed E-state index contributed by atoms with van der Waals surface area (Å²) < 4.78 is 0. The van der Waals surface area contributed by atoms with Crippen LogP contribution in [0.4, 0.5) is 0 Å². The molecule has 2 heteroatoms. The van der Waals surface area contributed by atoms with Gasteiger partial charge in [-0.2, -0.15) is 5.26 Å². The van der Waals surface area contributed by atoms with Gasteiger partial charge in [0.1, 0.15) is 0 Å². The highest BCUT2D eigenvalue weighted by molar-refractivity contribution is 8.02. The van der Waals surface area contributed by atoms with Gasteiger partial charge in [0, 0.05) is 4.90 Å². The Kier molecular flexibility index (Phi) is 2.20. The third-order valence-corrected chi connectivity index (χ3v) is 2.70. The maximum absolute atomic E-state index is 8.71. The van der Waals surface area contributed by atoms with Crippen LogP contribution < -0.4 is 0 Å². The van der Waals surface area contributed by atoms with Crippen LogP contribution in [0.3, 0.4) is 0 Å². The standard InChI is InChI=1S/C11H7NS/c12-8-9-4-5-10-3-1-2-6-13-11(10)7-9/h1-7H. The first-order valence-corrected chi connectivity index (χ1v) is 4.82. The van der Waals surface area contributed by atoms with E-state index in [2.05, 4.69) is 6.07 Å². The van der Waals surface area contributed by atoms with Crippen LogP contribution in [0, 0.1) is 11.3 Å². The van der Waals surface area contributed by atoms with Crippen LogP contribution in [0.15, 0.2) is 40.7 Å². The molecule has 0 saturated carbocycles. The molecule has 13 heavy (non-hydrogen) atoms.